The highest BCUT2D eigenvalue weighted by molar-refractivity contribution is 5.75. The predicted octanol–water partition coefficient (Wildman–Crippen LogP) is 2.55. The molecule has 0 aliphatic carbocycles. The fourth-order valence-electron chi connectivity index (χ4n) is 2.62. The number of carbonyl (C=O) groups is 1. The number of esters is 1. The van der Waals surface area contributed by atoms with E-state index in [-0.39, 0.29) is 5.97 Å². The van der Waals surface area contributed by atoms with Crippen LogP contribution in [0.5, 0.6) is 11.5 Å². The number of benzene rings is 1. The van der Waals surface area contributed by atoms with Crippen LogP contribution in [0.1, 0.15) is 31.7 Å². The highest BCUT2D eigenvalue weighted by Gasteiger charge is 2.20. The number of nitrogens with two attached hydrogens (primary N) is 1. The Bertz CT molecular complexity index is 453. The van der Waals surface area contributed by atoms with Gasteiger partial charge in [0.05, 0.1) is 21.3 Å². The molecule has 0 bridgehead atoms. The van der Waals surface area contributed by atoms with E-state index in [1.54, 1.807) is 14.2 Å². The highest BCUT2D eigenvalue weighted by Crippen LogP contribution is 2.31. The molecule has 124 valence electrons. The van der Waals surface area contributed by atoms with Crippen LogP contribution in [0.3, 0.4) is 0 Å². The van der Waals surface area contributed by atoms with Gasteiger partial charge in [-0.3, -0.25) is 4.79 Å². The zero-order valence-corrected chi connectivity index (χ0v) is 13.9. The van der Waals surface area contributed by atoms with Gasteiger partial charge in [0.25, 0.3) is 0 Å². The van der Waals surface area contributed by atoms with E-state index in [0.29, 0.717) is 12.3 Å². The lowest BCUT2D eigenvalue weighted by Crippen LogP contribution is -2.33. The summed E-state index contributed by atoms with van der Waals surface area (Å²) < 4.78 is 15.5. The van der Waals surface area contributed by atoms with E-state index in [4.69, 9.17) is 15.2 Å². The average Bonchev–Trinajstić information content (AvgIpc) is 2.56. The third-order valence-electron chi connectivity index (χ3n) is 4.00. The molecule has 0 aliphatic rings. The monoisotopic (exact) mass is 309 g/mol. The molecule has 0 amide bonds. The number of ether oxygens (including phenoxy) is 3. The molecule has 1 aromatic rings. The van der Waals surface area contributed by atoms with Crippen molar-refractivity contribution in [3.05, 3.63) is 23.8 Å². The fourth-order valence-corrected chi connectivity index (χ4v) is 2.62. The van der Waals surface area contributed by atoms with Gasteiger partial charge >= 0.3 is 5.97 Å². The summed E-state index contributed by atoms with van der Waals surface area (Å²) in [5.74, 6) is 1.65. The number of methoxy groups -OCH3 is 3. The van der Waals surface area contributed by atoms with E-state index in [1.807, 2.05) is 18.2 Å². The quantitative estimate of drug-likeness (QED) is 0.710. The van der Waals surface area contributed by atoms with Gasteiger partial charge in [0.15, 0.2) is 0 Å². The maximum absolute atomic E-state index is 11.5. The largest absolute Gasteiger partial charge is 0.496 e. The van der Waals surface area contributed by atoms with Crippen molar-refractivity contribution in [1.29, 1.82) is 0 Å². The van der Waals surface area contributed by atoms with E-state index in [9.17, 15) is 4.79 Å². The Morgan fingerprint density at radius 1 is 1.18 bits per heavy atom. The third kappa shape index (κ3) is 4.91. The SMILES string of the molecule is CCC(CCc1c(OC)cccc1OC)CC(N)C(=O)OC. The molecule has 5 nitrogen and oxygen atoms in total. The summed E-state index contributed by atoms with van der Waals surface area (Å²) in [5, 5.41) is 0. The normalized spacial score (nSPS) is 13.3. The smallest absolute Gasteiger partial charge is 0.322 e. The lowest BCUT2D eigenvalue weighted by atomic mass is 9.90. The first kappa shape index (κ1) is 18.3. The molecular formula is C17H27NO4. The molecule has 0 spiro atoms. The Morgan fingerprint density at radius 3 is 2.23 bits per heavy atom. The summed E-state index contributed by atoms with van der Waals surface area (Å²) in [5.41, 5.74) is 6.91. The topological polar surface area (TPSA) is 70.8 Å². The van der Waals surface area contributed by atoms with Crippen molar-refractivity contribution in [3.63, 3.8) is 0 Å². The van der Waals surface area contributed by atoms with Gasteiger partial charge in [-0.15, -0.1) is 0 Å². The van der Waals surface area contributed by atoms with Crippen molar-refractivity contribution < 1.29 is 19.0 Å². The van der Waals surface area contributed by atoms with Crippen LogP contribution in [-0.2, 0) is 16.0 Å². The summed E-state index contributed by atoms with van der Waals surface area (Å²) in [6.45, 7) is 2.11. The van der Waals surface area contributed by atoms with E-state index < -0.39 is 6.04 Å². The van der Waals surface area contributed by atoms with Crippen LogP contribution in [0.15, 0.2) is 18.2 Å². The highest BCUT2D eigenvalue weighted by atomic mass is 16.5. The maximum Gasteiger partial charge on any atom is 0.322 e. The van der Waals surface area contributed by atoms with Crippen LogP contribution in [-0.4, -0.2) is 33.3 Å². The molecule has 0 saturated heterocycles. The number of carbonyl (C=O) groups excluding carboxylic acids is 1. The zero-order valence-electron chi connectivity index (χ0n) is 13.9. The molecule has 0 saturated carbocycles. The molecular weight excluding hydrogens is 282 g/mol. The molecule has 5 heteroatoms. The number of hydrogen-bond donors (Lipinski definition) is 1. The second kappa shape index (κ2) is 9.30. The van der Waals surface area contributed by atoms with Crippen molar-refractivity contribution in [2.75, 3.05) is 21.3 Å². The standard InChI is InChI=1S/C17H27NO4/c1-5-12(11-14(18)17(19)22-4)9-10-13-15(20-2)7-6-8-16(13)21-3/h6-8,12,14H,5,9-11,18H2,1-4H3. The molecule has 0 aromatic heterocycles. The maximum atomic E-state index is 11.5. The van der Waals surface area contributed by atoms with Gasteiger partial charge in [-0.25, -0.2) is 0 Å². The number of hydrogen-bond acceptors (Lipinski definition) is 5. The van der Waals surface area contributed by atoms with Crippen molar-refractivity contribution in [2.45, 2.75) is 38.6 Å². The van der Waals surface area contributed by atoms with Crippen molar-refractivity contribution in [2.24, 2.45) is 11.7 Å². The summed E-state index contributed by atoms with van der Waals surface area (Å²) in [6, 6.07) is 5.21. The van der Waals surface area contributed by atoms with E-state index >= 15 is 0 Å². The van der Waals surface area contributed by atoms with Crippen LogP contribution >= 0.6 is 0 Å². The first-order chi connectivity index (χ1) is 10.6. The van der Waals surface area contributed by atoms with Crippen LogP contribution in [0.2, 0.25) is 0 Å². The van der Waals surface area contributed by atoms with Gasteiger partial charge in [0.2, 0.25) is 0 Å². The second-order valence-electron chi connectivity index (χ2n) is 5.32. The molecule has 22 heavy (non-hydrogen) atoms. The van der Waals surface area contributed by atoms with Gasteiger partial charge in [-0.1, -0.05) is 19.4 Å². The minimum atomic E-state index is -0.561. The molecule has 2 unspecified atom stereocenters. The van der Waals surface area contributed by atoms with E-state index in [2.05, 4.69) is 11.7 Å². The van der Waals surface area contributed by atoms with Crippen LogP contribution in [0.25, 0.3) is 0 Å². The van der Waals surface area contributed by atoms with Gasteiger partial charge in [0, 0.05) is 5.56 Å². The Hall–Kier alpha value is -1.75. The summed E-state index contributed by atoms with van der Waals surface area (Å²) >= 11 is 0. The minimum Gasteiger partial charge on any atom is -0.496 e. The van der Waals surface area contributed by atoms with Gasteiger partial charge < -0.3 is 19.9 Å². The Balaban J connectivity index is 2.72. The van der Waals surface area contributed by atoms with E-state index in [0.717, 1.165) is 36.3 Å². The minimum absolute atomic E-state index is 0.351. The molecule has 0 fully saturated rings. The Labute approximate surface area is 132 Å². The summed E-state index contributed by atoms with van der Waals surface area (Å²) in [7, 11) is 4.67. The molecule has 0 heterocycles. The lowest BCUT2D eigenvalue weighted by molar-refractivity contribution is -0.142. The van der Waals surface area contributed by atoms with Gasteiger partial charge in [-0.05, 0) is 37.3 Å². The van der Waals surface area contributed by atoms with Gasteiger partial charge in [-0.2, -0.15) is 0 Å². The fraction of sp³-hybridized carbons (Fsp3) is 0.588. The van der Waals surface area contributed by atoms with Crippen LogP contribution < -0.4 is 15.2 Å². The number of rotatable bonds is 9. The zero-order chi connectivity index (χ0) is 16.5. The molecule has 0 radical (unpaired) electrons. The lowest BCUT2D eigenvalue weighted by Gasteiger charge is -2.19. The van der Waals surface area contributed by atoms with Crippen LogP contribution in [0, 0.1) is 5.92 Å². The van der Waals surface area contributed by atoms with Crippen molar-refractivity contribution >= 4 is 5.97 Å². The Kier molecular flexibility index (Phi) is 7.74. The second-order valence-corrected chi connectivity index (χ2v) is 5.32. The van der Waals surface area contributed by atoms with Crippen molar-refractivity contribution in [1.82, 2.24) is 0 Å². The first-order valence-corrected chi connectivity index (χ1v) is 7.60. The Morgan fingerprint density at radius 2 is 1.77 bits per heavy atom. The van der Waals surface area contributed by atoms with Gasteiger partial charge in [0.1, 0.15) is 17.5 Å². The molecule has 2 N–H and O–H groups in total. The summed E-state index contributed by atoms with van der Waals surface area (Å²) in [4.78, 5) is 11.5. The predicted molar refractivity (Wildman–Crippen MR) is 86.3 cm³/mol. The molecule has 2 atom stereocenters. The molecule has 1 rings (SSSR count). The van der Waals surface area contributed by atoms with Crippen molar-refractivity contribution in [3.8, 4) is 11.5 Å². The molecule has 1 aromatic carbocycles. The third-order valence-corrected chi connectivity index (χ3v) is 4.00. The summed E-state index contributed by atoms with van der Waals surface area (Å²) in [6.07, 6.45) is 3.32. The average molecular weight is 309 g/mol. The molecule has 0 aliphatic heterocycles. The van der Waals surface area contributed by atoms with Crippen LogP contribution in [0.4, 0.5) is 0 Å². The van der Waals surface area contributed by atoms with E-state index in [1.165, 1.54) is 7.11 Å². The first-order valence-electron chi connectivity index (χ1n) is 7.60.